The third kappa shape index (κ3) is 6.55. The van der Waals surface area contributed by atoms with E-state index in [0.29, 0.717) is 17.7 Å². The van der Waals surface area contributed by atoms with Gasteiger partial charge in [-0.15, -0.1) is 12.4 Å². The average molecular weight is 329 g/mol. The maximum atomic E-state index is 11.8. The van der Waals surface area contributed by atoms with Crippen LogP contribution in [0.25, 0.3) is 0 Å². The Morgan fingerprint density at radius 2 is 1.95 bits per heavy atom. The maximum Gasteiger partial charge on any atom is 0.251 e. The van der Waals surface area contributed by atoms with Gasteiger partial charge in [-0.3, -0.25) is 14.4 Å². The summed E-state index contributed by atoms with van der Waals surface area (Å²) in [5.41, 5.74) is 11.5. The molecule has 0 radical (unpaired) electrons. The second-order valence-corrected chi connectivity index (χ2v) is 4.61. The first-order valence-corrected chi connectivity index (χ1v) is 6.67. The van der Waals surface area contributed by atoms with Crippen LogP contribution in [0.5, 0.6) is 0 Å². The molecule has 22 heavy (non-hydrogen) atoms. The van der Waals surface area contributed by atoms with E-state index < -0.39 is 17.9 Å². The summed E-state index contributed by atoms with van der Waals surface area (Å²) in [6.45, 7) is 1.70. The van der Waals surface area contributed by atoms with E-state index in [1.54, 1.807) is 18.2 Å². The molecule has 122 valence electrons. The molecule has 1 aromatic rings. The van der Waals surface area contributed by atoms with E-state index >= 15 is 0 Å². The summed E-state index contributed by atoms with van der Waals surface area (Å²) >= 11 is 0. The van der Waals surface area contributed by atoms with Crippen molar-refractivity contribution in [2.45, 2.75) is 25.8 Å². The van der Waals surface area contributed by atoms with E-state index in [0.717, 1.165) is 6.42 Å². The highest BCUT2D eigenvalue weighted by Crippen LogP contribution is 2.11. The van der Waals surface area contributed by atoms with Crippen LogP contribution in [0.15, 0.2) is 24.3 Å². The molecule has 0 heterocycles. The number of halogens is 1. The highest BCUT2D eigenvalue weighted by Gasteiger charge is 2.13. The van der Waals surface area contributed by atoms with E-state index in [4.69, 9.17) is 11.5 Å². The standard InChI is InChI=1S/C14H20N4O3.ClH/c1-2-4-11(15)14(21)18-10-6-3-5-9(7-10)13(20)17-8-12(16)19;/h3,5-7,11H,2,4,8,15H2,1H3,(H2,16,19)(H,17,20)(H,18,21);1H. The highest BCUT2D eigenvalue weighted by atomic mass is 35.5. The van der Waals surface area contributed by atoms with Gasteiger partial charge in [0.25, 0.3) is 5.91 Å². The largest absolute Gasteiger partial charge is 0.368 e. The van der Waals surface area contributed by atoms with Crippen molar-refractivity contribution in [1.29, 1.82) is 0 Å². The lowest BCUT2D eigenvalue weighted by atomic mass is 10.1. The van der Waals surface area contributed by atoms with Gasteiger partial charge in [-0.1, -0.05) is 19.4 Å². The lowest BCUT2D eigenvalue weighted by Crippen LogP contribution is -2.35. The molecule has 7 nitrogen and oxygen atoms in total. The Kier molecular flexibility index (Phi) is 8.81. The van der Waals surface area contributed by atoms with Gasteiger partial charge in [-0.2, -0.15) is 0 Å². The highest BCUT2D eigenvalue weighted by molar-refractivity contribution is 5.99. The molecule has 3 amide bonds. The number of carbonyl (C=O) groups is 3. The Labute approximate surface area is 135 Å². The molecule has 1 atom stereocenters. The fourth-order valence-electron chi connectivity index (χ4n) is 1.68. The molecule has 1 aromatic carbocycles. The third-order valence-corrected chi connectivity index (χ3v) is 2.75. The van der Waals surface area contributed by atoms with Crippen molar-refractivity contribution >= 4 is 35.8 Å². The molecule has 0 aromatic heterocycles. The number of hydrogen-bond acceptors (Lipinski definition) is 4. The SMILES string of the molecule is CCCC(N)C(=O)Nc1cccc(C(=O)NCC(N)=O)c1.Cl. The Morgan fingerprint density at radius 1 is 1.27 bits per heavy atom. The van der Waals surface area contributed by atoms with Crippen molar-refractivity contribution in [3.63, 3.8) is 0 Å². The van der Waals surface area contributed by atoms with Crippen LogP contribution < -0.4 is 22.1 Å². The minimum Gasteiger partial charge on any atom is -0.368 e. The van der Waals surface area contributed by atoms with Gasteiger partial charge in [0, 0.05) is 11.3 Å². The zero-order valence-corrected chi connectivity index (χ0v) is 13.1. The Bertz CT molecular complexity index is 537. The van der Waals surface area contributed by atoms with E-state index in [1.807, 2.05) is 6.92 Å². The summed E-state index contributed by atoms with van der Waals surface area (Å²) in [7, 11) is 0. The smallest absolute Gasteiger partial charge is 0.251 e. The van der Waals surface area contributed by atoms with E-state index in [1.165, 1.54) is 6.07 Å². The number of hydrogen-bond donors (Lipinski definition) is 4. The fraction of sp³-hybridized carbons (Fsp3) is 0.357. The van der Waals surface area contributed by atoms with E-state index in [9.17, 15) is 14.4 Å². The lowest BCUT2D eigenvalue weighted by Gasteiger charge is -2.12. The number of nitrogens with one attached hydrogen (secondary N) is 2. The molecular formula is C14H21ClN4O3. The number of carbonyl (C=O) groups excluding carboxylic acids is 3. The van der Waals surface area contributed by atoms with Crippen LogP contribution >= 0.6 is 12.4 Å². The van der Waals surface area contributed by atoms with Gasteiger partial charge in [0.15, 0.2) is 0 Å². The van der Waals surface area contributed by atoms with Crippen LogP contribution in [-0.2, 0) is 9.59 Å². The Morgan fingerprint density at radius 3 is 2.55 bits per heavy atom. The number of nitrogens with two attached hydrogens (primary N) is 2. The molecule has 0 saturated heterocycles. The first-order valence-electron chi connectivity index (χ1n) is 6.67. The second kappa shape index (κ2) is 9.75. The van der Waals surface area contributed by atoms with E-state index in [-0.39, 0.29) is 24.9 Å². The topological polar surface area (TPSA) is 127 Å². The zero-order valence-electron chi connectivity index (χ0n) is 12.3. The van der Waals surface area contributed by atoms with Crippen LogP contribution in [-0.4, -0.2) is 30.3 Å². The van der Waals surface area contributed by atoms with Crippen molar-refractivity contribution < 1.29 is 14.4 Å². The Balaban J connectivity index is 0.00000441. The molecule has 6 N–H and O–H groups in total. The first kappa shape index (κ1) is 19.9. The van der Waals surface area contributed by atoms with Gasteiger partial charge in [0.05, 0.1) is 12.6 Å². The van der Waals surface area contributed by atoms with Crippen molar-refractivity contribution in [2.24, 2.45) is 11.5 Å². The molecule has 0 aliphatic carbocycles. The zero-order chi connectivity index (χ0) is 15.8. The predicted octanol–water partition coefficient (Wildman–Crippen LogP) is 0.389. The number of anilines is 1. The third-order valence-electron chi connectivity index (χ3n) is 2.75. The first-order chi connectivity index (χ1) is 9.93. The summed E-state index contributed by atoms with van der Waals surface area (Å²) in [4.78, 5) is 34.2. The van der Waals surface area contributed by atoms with Gasteiger partial charge in [-0.25, -0.2) is 0 Å². The van der Waals surface area contributed by atoms with E-state index in [2.05, 4.69) is 10.6 Å². The quantitative estimate of drug-likeness (QED) is 0.577. The van der Waals surface area contributed by atoms with Gasteiger partial charge in [0.1, 0.15) is 0 Å². The minimum atomic E-state index is -0.627. The molecule has 1 rings (SSSR count). The summed E-state index contributed by atoms with van der Waals surface area (Å²) in [5, 5.41) is 5.02. The second-order valence-electron chi connectivity index (χ2n) is 4.61. The van der Waals surface area contributed by atoms with Gasteiger partial charge in [-0.05, 0) is 24.6 Å². The molecular weight excluding hydrogens is 308 g/mol. The van der Waals surface area contributed by atoms with Crippen LogP contribution in [0, 0.1) is 0 Å². The number of amides is 3. The van der Waals surface area contributed by atoms with Crippen LogP contribution in [0.3, 0.4) is 0 Å². The van der Waals surface area contributed by atoms with Gasteiger partial charge in [0.2, 0.25) is 11.8 Å². The van der Waals surface area contributed by atoms with Crippen molar-refractivity contribution in [3.05, 3.63) is 29.8 Å². The van der Waals surface area contributed by atoms with Crippen LogP contribution in [0.4, 0.5) is 5.69 Å². The Hall–Kier alpha value is -2.12. The van der Waals surface area contributed by atoms with Gasteiger partial charge >= 0.3 is 0 Å². The normalized spacial score (nSPS) is 11.0. The molecule has 0 saturated carbocycles. The molecule has 0 bridgehead atoms. The minimum absolute atomic E-state index is 0. The average Bonchev–Trinajstić information content (AvgIpc) is 2.45. The molecule has 0 aliphatic heterocycles. The van der Waals surface area contributed by atoms with Crippen molar-refractivity contribution in [3.8, 4) is 0 Å². The lowest BCUT2D eigenvalue weighted by molar-refractivity contribution is -0.118. The maximum absolute atomic E-state index is 11.8. The van der Waals surface area contributed by atoms with Gasteiger partial charge < -0.3 is 22.1 Å². The van der Waals surface area contributed by atoms with Crippen LogP contribution in [0.1, 0.15) is 30.1 Å². The number of primary amides is 1. The molecule has 0 fully saturated rings. The molecule has 0 spiro atoms. The molecule has 8 heteroatoms. The molecule has 1 unspecified atom stereocenters. The van der Waals surface area contributed by atoms with Crippen molar-refractivity contribution in [1.82, 2.24) is 5.32 Å². The fourth-order valence-corrected chi connectivity index (χ4v) is 1.68. The number of benzene rings is 1. The summed E-state index contributed by atoms with van der Waals surface area (Å²) in [6.07, 6.45) is 1.40. The summed E-state index contributed by atoms with van der Waals surface area (Å²) < 4.78 is 0. The predicted molar refractivity (Wildman–Crippen MR) is 86.7 cm³/mol. The van der Waals surface area contributed by atoms with Crippen LogP contribution in [0.2, 0.25) is 0 Å². The summed E-state index contributed by atoms with van der Waals surface area (Å²) in [5.74, 6) is -1.37. The summed E-state index contributed by atoms with van der Waals surface area (Å²) in [6, 6.07) is 5.77. The monoisotopic (exact) mass is 328 g/mol. The number of rotatable bonds is 7. The molecule has 0 aliphatic rings. The van der Waals surface area contributed by atoms with Crippen molar-refractivity contribution in [2.75, 3.05) is 11.9 Å².